The van der Waals surface area contributed by atoms with Gasteiger partial charge in [-0.2, -0.15) is 4.99 Å². The summed E-state index contributed by atoms with van der Waals surface area (Å²) >= 11 is 0. The molecule has 166 valence electrons. The second-order valence-electron chi connectivity index (χ2n) is 7.16. The SMILES string of the molecule is CC(C)C[C@H](N)OBO.O=C=N[C@@H](Cc1ccc(OCc2ccccc2)cc1)C(=O)O. The van der Waals surface area contributed by atoms with Gasteiger partial charge in [0.05, 0.1) is 6.23 Å². The Morgan fingerprint density at radius 1 is 1.13 bits per heavy atom. The monoisotopic (exact) mass is 428 g/mol. The highest BCUT2D eigenvalue weighted by molar-refractivity contribution is 6.15. The second kappa shape index (κ2) is 14.9. The van der Waals surface area contributed by atoms with Crippen LogP contribution in [-0.4, -0.2) is 42.1 Å². The van der Waals surface area contributed by atoms with Gasteiger partial charge < -0.3 is 25.3 Å². The zero-order valence-corrected chi connectivity index (χ0v) is 17.8. The average Bonchev–Trinajstić information content (AvgIpc) is 2.73. The first-order valence-electron chi connectivity index (χ1n) is 9.89. The lowest BCUT2D eigenvalue weighted by Crippen LogP contribution is -2.27. The van der Waals surface area contributed by atoms with Crippen molar-refractivity contribution >= 4 is 19.7 Å². The first-order valence-corrected chi connectivity index (χ1v) is 9.89. The Morgan fingerprint density at radius 2 is 1.77 bits per heavy atom. The molecule has 2 atom stereocenters. The molecule has 0 aromatic heterocycles. The lowest BCUT2D eigenvalue weighted by atomic mass is 10.1. The van der Waals surface area contributed by atoms with Crippen LogP contribution in [0.2, 0.25) is 0 Å². The van der Waals surface area contributed by atoms with Crippen LogP contribution in [0, 0.1) is 5.92 Å². The van der Waals surface area contributed by atoms with Gasteiger partial charge in [0.25, 0.3) is 0 Å². The van der Waals surface area contributed by atoms with Crippen molar-refractivity contribution in [3.63, 3.8) is 0 Å². The van der Waals surface area contributed by atoms with Crippen molar-refractivity contribution in [3.8, 4) is 5.75 Å². The summed E-state index contributed by atoms with van der Waals surface area (Å²) in [5.74, 6) is 0.0673. The maximum Gasteiger partial charge on any atom is 0.436 e. The molecule has 0 saturated heterocycles. The zero-order valence-electron chi connectivity index (χ0n) is 17.8. The Labute approximate surface area is 183 Å². The van der Waals surface area contributed by atoms with Gasteiger partial charge in [0.2, 0.25) is 6.08 Å². The van der Waals surface area contributed by atoms with Gasteiger partial charge in [-0.15, -0.1) is 0 Å². The quantitative estimate of drug-likeness (QED) is 0.216. The van der Waals surface area contributed by atoms with Crippen LogP contribution in [0.5, 0.6) is 5.75 Å². The molecule has 0 aliphatic rings. The standard InChI is InChI=1S/C17H15NO4.C5H14BNO2/c19-12-18-16(17(20)21)10-13-6-8-15(9-7-13)22-11-14-4-2-1-3-5-14;1-4(2)3-5(7)9-6-8/h1-9,16H,10-11H2,(H,20,21);4-6,8H,3,7H2,1-2H3/t16-;5-/m01/s1. The number of hydrogen-bond donors (Lipinski definition) is 3. The second-order valence-corrected chi connectivity index (χ2v) is 7.16. The van der Waals surface area contributed by atoms with Crippen LogP contribution in [0.15, 0.2) is 59.6 Å². The number of hydrogen-bond acceptors (Lipinski definition) is 7. The molecule has 0 unspecified atom stereocenters. The fraction of sp³-hybridized carbons (Fsp3) is 0.364. The third-order valence-electron chi connectivity index (χ3n) is 4.09. The summed E-state index contributed by atoms with van der Waals surface area (Å²) in [6.07, 6.45) is 1.91. The minimum absolute atomic E-state index is 0.142. The highest BCUT2D eigenvalue weighted by atomic mass is 16.5. The molecule has 0 radical (unpaired) electrons. The fourth-order valence-corrected chi connectivity index (χ4v) is 2.57. The Morgan fingerprint density at radius 3 is 2.29 bits per heavy atom. The summed E-state index contributed by atoms with van der Waals surface area (Å²) < 4.78 is 10.3. The van der Waals surface area contributed by atoms with E-state index in [0.717, 1.165) is 17.5 Å². The van der Waals surface area contributed by atoms with Crippen molar-refractivity contribution in [2.75, 3.05) is 0 Å². The Balaban J connectivity index is 0.000000452. The maximum absolute atomic E-state index is 10.9. The smallest absolute Gasteiger partial charge is 0.436 e. The van der Waals surface area contributed by atoms with Crippen molar-refractivity contribution in [1.82, 2.24) is 0 Å². The summed E-state index contributed by atoms with van der Waals surface area (Å²) in [5.41, 5.74) is 7.23. The Hall–Kier alpha value is -2.97. The predicted octanol–water partition coefficient (Wildman–Crippen LogP) is 2.19. The zero-order chi connectivity index (χ0) is 23.1. The van der Waals surface area contributed by atoms with Crippen LogP contribution >= 0.6 is 0 Å². The van der Waals surface area contributed by atoms with E-state index in [9.17, 15) is 9.59 Å². The van der Waals surface area contributed by atoms with E-state index >= 15 is 0 Å². The van der Waals surface area contributed by atoms with E-state index in [1.54, 1.807) is 24.3 Å². The van der Waals surface area contributed by atoms with Gasteiger partial charge in [-0.1, -0.05) is 56.3 Å². The molecule has 0 saturated carbocycles. The molecule has 0 aliphatic heterocycles. The number of rotatable bonds is 11. The summed E-state index contributed by atoms with van der Waals surface area (Å²) in [6, 6.07) is 15.7. The van der Waals surface area contributed by atoms with E-state index in [-0.39, 0.29) is 20.3 Å². The van der Waals surface area contributed by atoms with E-state index in [1.165, 1.54) is 6.08 Å². The van der Waals surface area contributed by atoms with E-state index in [4.69, 9.17) is 20.6 Å². The number of carbonyl (C=O) groups is 1. The third-order valence-corrected chi connectivity index (χ3v) is 4.09. The highest BCUT2D eigenvalue weighted by Gasteiger charge is 2.16. The summed E-state index contributed by atoms with van der Waals surface area (Å²) in [5, 5.41) is 17.2. The molecule has 31 heavy (non-hydrogen) atoms. The van der Waals surface area contributed by atoms with E-state index in [1.807, 2.05) is 30.3 Å². The molecular formula is C22H29BN2O6. The van der Waals surface area contributed by atoms with Crippen LogP contribution in [0.1, 0.15) is 31.4 Å². The van der Waals surface area contributed by atoms with Crippen LogP contribution in [0.4, 0.5) is 0 Å². The minimum Gasteiger partial charge on any atom is -0.489 e. The predicted molar refractivity (Wildman–Crippen MR) is 118 cm³/mol. The molecule has 0 amide bonds. The van der Waals surface area contributed by atoms with Gasteiger partial charge in [0.1, 0.15) is 12.4 Å². The Kier molecular flexibility index (Phi) is 12.6. The number of nitrogens with zero attached hydrogens (tertiary/aromatic N) is 1. The van der Waals surface area contributed by atoms with Crippen molar-refractivity contribution < 1.29 is 29.1 Å². The summed E-state index contributed by atoms with van der Waals surface area (Å²) in [4.78, 5) is 24.4. The molecular weight excluding hydrogens is 399 g/mol. The van der Waals surface area contributed by atoms with Gasteiger partial charge in [-0.3, -0.25) is 0 Å². The number of benzene rings is 2. The number of aliphatic carboxylic acids is 1. The molecule has 8 nitrogen and oxygen atoms in total. The molecule has 0 fully saturated rings. The van der Waals surface area contributed by atoms with Crippen LogP contribution in [0.25, 0.3) is 0 Å². The average molecular weight is 428 g/mol. The number of carboxylic acids is 1. The third kappa shape index (κ3) is 11.7. The normalized spacial score (nSPS) is 12.0. The topological polar surface area (TPSA) is 131 Å². The Bertz CT molecular complexity index is 809. The van der Waals surface area contributed by atoms with Crippen LogP contribution in [0.3, 0.4) is 0 Å². The molecule has 9 heteroatoms. The highest BCUT2D eigenvalue weighted by Crippen LogP contribution is 2.16. The maximum atomic E-state index is 10.9. The number of nitrogens with two attached hydrogens (primary N) is 1. The van der Waals surface area contributed by atoms with Gasteiger partial charge in [0, 0.05) is 6.42 Å². The van der Waals surface area contributed by atoms with Crippen molar-refractivity contribution in [1.29, 1.82) is 0 Å². The molecule has 0 aliphatic carbocycles. The van der Waals surface area contributed by atoms with Gasteiger partial charge in [-0.25, -0.2) is 9.59 Å². The first-order chi connectivity index (χ1) is 14.8. The van der Waals surface area contributed by atoms with Crippen LogP contribution in [-0.2, 0) is 27.3 Å². The molecule has 2 rings (SSSR count). The van der Waals surface area contributed by atoms with E-state index < -0.39 is 12.0 Å². The van der Waals surface area contributed by atoms with Crippen molar-refractivity contribution in [2.45, 2.75) is 45.6 Å². The lowest BCUT2D eigenvalue weighted by molar-refractivity contribution is -0.138. The minimum atomic E-state index is -1.15. The number of isocyanates is 1. The molecule has 0 heterocycles. The summed E-state index contributed by atoms with van der Waals surface area (Å²) in [7, 11) is -0.284. The van der Waals surface area contributed by atoms with E-state index in [2.05, 4.69) is 23.5 Å². The van der Waals surface area contributed by atoms with Crippen molar-refractivity contribution in [2.24, 2.45) is 16.6 Å². The summed E-state index contributed by atoms with van der Waals surface area (Å²) in [6.45, 7) is 4.58. The van der Waals surface area contributed by atoms with E-state index in [0.29, 0.717) is 18.3 Å². The van der Waals surface area contributed by atoms with Gasteiger partial charge in [0.15, 0.2) is 6.04 Å². The molecule has 2 aromatic carbocycles. The molecule has 4 N–H and O–H groups in total. The largest absolute Gasteiger partial charge is 0.489 e. The van der Waals surface area contributed by atoms with Crippen molar-refractivity contribution in [3.05, 3.63) is 65.7 Å². The molecule has 0 bridgehead atoms. The van der Waals surface area contributed by atoms with Gasteiger partial charge in [-0.05, 0) is 35.6 Å². The number of ether oxygens (including phenoxy) is 1. The number of carboxylic acid groups (broad SMARTS) is 1. The van der Waals surface area contributed by atoms with Gasteiger partial charge >= 0.3 is 13.7 Å². The van der Waals surface area contributed by atoms with Crippen LogP contribution < -0.4 is 10.5 Å². The molecule has 0 spiro atoms. The first kappa shape index (κ1) is 26.1. The lowest BCUT2D eigenvalue weighted by Gasteiger charge is -2.12. The molecule has 2 aromatic rings. The fourth-order valence-electron chi connectivity index (χ4n) is 2.57. The number of carbonyl (C=O) groups excluding carboxylic acids is 1. The number of aliphatic imine (C=N–C) groups is 1.